The molecule has 0 aromatic carbocycles. The highest BCUT2D eigenvalue weighted by Gasteiger charge is 2.29. The number of aryl methyl sites for hydroxylation is 1. The van der Waals surface area contributed by atoms with Crippen molar-refractivity contribution in [3.63, 3.8) is 0 Å². The van der Waals surface area contributed by atoms with Gasteiger partial charge in [-0.3, -0.25) is 4.68 Å². The second-order valence-corrected chi connectivity index (χ2v) is 5.88. The highest BCUT2D eigenvalue weighted by Crippen LogP contribution is 2.38. The second kappa shape index (κ2) is 6.42. The van der Waals surface area contributed by atoms with Crippen molar-refractivity contribution < 1.29 is 4.74 Å². The van der Waals surface area contributed by atoms with Gasteiger partial charge in [-0.05, 0) is 31.1 Å². The third-order valence-corrected chi connectivity index (χ3v) is 4.30. The maximum atomic E-state index is 6.54. The van der Waals surface area contributed by atoms with Crippen LogP contribution in [-0.4, -0.2) is 16.9 Å². The molecule has 2 N–H and O–H groups in total. The van der Waals surface area contributed by atoms with Crippen LogP contribution in [0.3, 0.4) is 0 Å². The smallest absolute Gasteiger partial charge is 0.161 e. The quantitative estimate of drug-likeness (QED) is 0.890. The number of hydrogen-bond donors (Lipinski definition) is 1. The van der Waals surface area contributed by atoms with E-state index in [-0.39, 0.29) is 6.04 Å². The van der Waals surface area contributed by atoms with Gasteiger partial charge < -0.3 is 10.5 Å². The van der Waals surface area contributed by atoms with Crippen molar-refractivity contribution in [2.45, 2.75) is 58.5 Å². The minimum Gasteiger partial charge on any atom is -0.493 e. The van der Waals surface area contributed by atoms with Crippen molar-refractivity contribution in [1.82, 2.24) is 9.78 Å². The Bertz CT molecular complexity index is 402. The van der Waals surface area contributed by atoms with Crippen LogP contribution in [0.5, 0.6) is 5.75 Å². The van der Waals surface area contributed by atoms with Crippen LogP contribution < -0.4 is 10.5 Å². The van der Waals surface area contributed by atoms with Crippen molar-refractivity contribution in [2.24, 2.45) is 17.6 Å². The molecule has 1 saturated carbocycles. The van der Waals surface area contributed by atoms with E-state index in [0.717, 1.165) is 30.3 Å². The van der Waals surface area contributed by atoms with Crippen LogP contribution in [-0.2, 0) is 6.54 Å². The molecule has 1 aliphatic carbocycles. The van der Waals surface area contributed by atoms with Crippen molar-refractivity contribution in [1.29, 1.82) is 0 Å². The third kappa shape index (κ3) is 3.11. The first-order valence-corrected chi connectivity index (χ1v) is 7.52. The number of nitrogens with two attached hydrogens (primary N) is 1. The molecule has 1 aromatic heterocycles. The van der Waals surface area contributed by atoms with Gasteiger partial charge in [-0.25, -0.2) is 0 Å². The summed E-state index contributed by atoms with van der Waals surface area (Å²) in [6, 6.07) is 0.0479. The van der Waals surface area contributed by atoms with Gasteiger partial charge in [0.15, 0.2) is 5.75 Å². The van der Waals surface area contributed by atoms with Crippen LogP contribution >= 0.6 is 0 Å². The van der Waals surface area contributed by atoms with E-state index in [4.69, 9.17) is 10.5 Å². The SMILES string of the molecule is CCCn1ncc(OC)c1C(N)C1CCCC(C)C1. The number of ether oxygens (including phenoxy) is 1. The lowest BCUT2D eigenvalue weighted by Gasteiger charge is -2.31. The molecular formula is C15H27N3O. The Morgan fingerprint density at radius 1 is 1.53 bits per heavy atom. The van der Waals surface area contributed by atoms with Crippen LogP contribution in [0.25, 0.3) is 0 Å². The summed E-state index contributed by atoms with van der Waals surface area (Å²) in [4.78, 5) is 0. The summed E-state index contributed by atoms with van der Waals surface area (Å²) in [5, 5.41) is 4.42. The van der Waals surface area contributed by atoms with Crippen molar-refractivity contribution in [3.8, 4) is 5.75 Å². The number of rotatable bonds is 5. The van der Waals surface area contributed by atoms with E-state index in [1.54, 1.807) is 13.3 Å². The zero-order valence-corrected chi connectivity index (χ0v) is 12.4. The summed E-state index contributed by atoms with van der Waals surface area (Å²) in [7, 11) is 1.70. The minimum absolute atomic E-state index is 0.0479. The molecule has 0 spiro atoms. The third-order valence-electron chi connectivity index (χ3n) is 4.30. The fourth-order valence-corrected chi connectivity index (χ4v) is 3.29. The maximum Gasteiger partial charge on any atom is 0.161 e. The first-order valence-electron chi connectivity index (χ1n) is 7.52. The van der Waals surface area contributed by atoms with Crippen LogP contribution in [0.4, 0.5) is 0 Å². The second-order valence-electron chi connectivity index (χ2n) is 5.88. The lowest BCUT2D eigenvalue weighted by Crippen LogP contribution is -2.28. The van der Waals surface area contributed by atoms with Crippen LogP contribution in [0.2, 0.25) is 0 Å². The molecule has 0 amide bonds. The Morgan fingerprint density at radius 3 is 2.95 bits per heavy atom. The molecule has 0 bridgehead atoms. The molecule has 1 fully saturated rings. The zero-order valence-electron chi connectivity index (χ0n) is 12.4. The first-order chi connectivity index (χ1) is 9.17. The van der Waals surface area contributed by atoms with Gasteiger partial charge in [-0.15, -0.1) is 0 Å². The average molecular weight is 265 g/mol. The van der Waals surface area contributed by atoms with Crippen LogP contribution in [0, 0.1) is 11.8 Å². The van der Waals surface area contributed by atoms with E-state index in [0.29, 0.717) is 5.92 Å². The molecule has 108 valence electrons. The molecule has 2 rings (SSSR count). The van der Waals surface area contributed by atoms with E-state index in [1.807, 2.05) is 4.68 Å². The Labute approximate surface area is 116 Å². The Balaban J connectivity index is 2.20. The topological polar surface area (TPSA) is 53.1 Å². The molecule has 0 radical (unpaired) electrons. The van der Waals surface area contributed by atoms with E-state index >= 15 is 0 Å². The Morgan fingerprint density at radius 2 is 2.32 bits per heavy atom. The Kier molecular flexibility index (Phi) is 4.86. The molecule has 19 heavy (non-hydrogen) atoms. The number of hydrogen-bond acceptors (Lipinski definition) is 3. The summed E-state index contributed by atoms with van der Waals surface area (Å²) in [6.45, 7) is 5.40. The fraction of sp³-hybridized carbons (Fsp3) is 0.800. The van der Waals surface area contributed by atoms with E-state index in [1.165, 1.54) is 25.7 Å². The molecule has 4 heteroatoms. The largest absolute Gasteiger partial charge is 0.493 e. The van der Waals surface area contributed by atoms with Crippen LogP contribution in [0.15, 0.2) is 6.20 Å². The lowest BCUT2D eigenvalue weighted by atomic mass is 9.78. The zero-order chi connectivity index (χ0) is 13.8. The summed E-state index contributed by atoms with van der Waals surface area (Å²) >= 11 is 0. The molecule has 1 aliphatic rings. The van der Waals surface area contributed by atoms with Crippen molar-refractivity contribution in [3.05, 3.63) is 11.9 Å². The number of methoxy groups -OCH3 is 1. The van der Waals surface area contributed by atoms with E-state index < -0.39 is 0 Å². The molecule has 3 atom stereocenters. The molecule has 1 heterocycles. The van der Waals surface area contributed by atoms with Gasteiger partial charge in [0.1, 0.15) is 0 Å². The van der Waals surface area contributed by atoms with Crippen molar-refractivity contribution >= 4 is 0 Å². The molecule has 3 unspecified atom stereocenters. The summed E-state index contributed by atoms with van der Waals surface area (Å²) < 4.78 is 7.48. The highest BCUT2D eigenvalue weighted by molar-refractivity contribution is 5.28. The molecule has 1 aromatic rings. The minimum atomic E-state index is 0.0479. The van der Waals surface area contributed by atoms with E-state index in [2.05, 4.69) is 18.9 Å². The van der Waals surface area contributed by atoms with Gasteiger partial charge in [-0.1, -0.05) is 26.7 Å². The van der Waals surface area contributed by atoms with Gasteiger partial charge in [0.25, 0.3) is 0 Å². The van der Waals surface area contributed by atoms with Gasteiger partial charge in [0, 0.05) is 6.54 Å². The summed E-state index contributed by atoms with van der Waals surface area (Å²) in [5.41, 5.74) is 7.63. The number of nitrogens with zero attached hydrogens (tertiary/aromatic N) is 2. The molecule has 0 saturated heterocycles. The van der Waals surface area contributed by atoms with Gasteiger partial charge in [0.05, 0.1) is 25.0 Å². The molecule has 0 aliphatic heterocycles. The number of aromatic nitrogens is 2. The summed E-state index contributed by atoms with van der Waals surface area (Å²) in [6.07, 6.45) is 7.95. The predicted octanol–water partition coefficient (Wildman–Crippen LogP) is 3.13. The van der Waals surface area contributed by atoms with Crippen LogP contribution in [0.1, 0.15) is 57.7 Å². The monoisotopic (exact) mass is 265 g/mol. The summed E-state index contributed by atoms with van der Waals surface area (Å²) in [5.74, 6) is 2.20. The normalized spacial score (nSPS) is 25.3. The first kappa shape index (κ1) is 14.4. The van der Waals surface area contributed by atoms with Gasteiger partial charge >= 0.3 is 0 Å². The fourth-order valence-electron chi connectivity index (χ4n) is 3.29. The predicted molar refractivity (Wildman–Crippen MR) is 77.1 cm³/mol. The van der Waals surface area contributed by atoms with Gasteiger partial charge in [0.2, 0.25) is 0 Å². The lowest BCUT2D eigenvalue weighted by molar-refractivity contribution is 0.238. The molecular weight excluding hydrogens is 238 g/mol. The maximum absolute atomic E-state index is 6.54. The average Bonchev–Trinajstić information content (AvgIpc) is 2.81. The standard InChI is InChI=1S/C15H27N3O/c1-4-8-18-15(13(19-3)10-17-18)14(16)12-7-5-6-11(2)9-12/h10-12,14H,4-9,16H2,1-3H3. The van der Waals surface area contributed by atoms with E-state index in [9.17, 15) is 0 Å². The Hall–Kier alpha value is -1.03. The van der Waals surface area contributed by atoms with Gasteiger partial charge in [-0.2, -0.15) is 5.10 Å². The molecule has 4 nitrogen and oxygen atoms in total. The highest BCUT2D eigenvalue weighted by atomic mass is 16.5. The van der Waals surface area contributed by atoms with Crippen molar-refractivity contribution in [2.75, 3.05) is 7.11 Å².